The van der Waals surface area contributed by atoms with Gasteiger partial charge in [0.05, 0.1) is 31.4 Å². The van der Waals surface area contributed by atoms with Crippen molar-refractivity contribution in [2.75, 3.05) is 12.0 Å². The molecule has 202 valence electrons. The molecule has 0 fully saturated rings. The summed E-state index contributed by atoms with van der Waals surface area (Å²) in [4.78, 5) is 15.5. The molecule has 4 aromatic rings. The number of carbonyl (C=O) groups is 1. The van der Waals surface area contributed by atoms with Gasteiger partial charge in [-0.05, 0) is 85.5 Å². The molecule has 0 aliphatic carbocycles. The van der Waals surface area contributed by atoms with Gasteiger partial charge in [-0.3, -0.25) is 9.48 Å². The van der Waals surface area contributed by atoms with E-state index in [1.165, 1.54) is 0 Å². The third-order valence-electron chi connectivity index (χ3n) is 7.06. The first-order valence-electron chi connectivity index (χ1n) is 12.9. The van der Waals surface area contributed by atoms with Crippen LogP contribution in [-0.4, -0.2) is 34.0 Å². The number of aliphatic hydroxyl groups is 1. The smallest absolute Gasteiger partial charge is 0.232 e. The van der Waals surface area contributed by atoms with E-state index < -0.39 is 11.6 Å². The molecule has 1 aliphatic heterocycles. The minimum Gasteiger partial charge on any atom is -0.493 e. The summed E-state index contributed by atoms with van der Waals surface area (Å²) in [6.45, 7) is 5.65. The lowest BCUT2D eigenvalue weighted by molar-refractivity contribution is -0.118. The zero-order valence-electron chi connectivity index (χ0n) is 22.7. The van der Waals surface area contributed by atoms with Crippen molar-refractivity contribution < 1.29 is 19.4 Å². The molecule has 5 rings (SSSR count). The Morgan fingerprint density at radius 2 is 1.74 bits per heavy atom. The predicted octanol–water partition coefficient (Wildman–Crippen LogP) is 5.80. The predicted molar refractivity (Wildman–Crippen MR) is 152 cm³/mol. The number of hydrogen-bond acceptors (Lipinski definition) is 5. The van der Waals surface area contributed by atoms with Gasteiger partial charge in [0.15, 0.2) is 11.5 Å². The van der Waals surface area contributed by atoms with Gasteiger partial charge in [0.25, 0.3) is 0 Å². The fourth-order valence-electron chi connectivity index (χ4n) is 5.10. The fraction of sp³-hybridized carbons (Fsp3) is 0.290. The van der Waals surface area contributed by atoms with Crippen molar-refractivity contribution in [2.45, 2.75) is 44.9 Å². The van der Waals surface area contributed by atoms with Gasteiger partial charge >= 0.3 is 0 Å². The Hall–Kier alpha value is -3.81. The Bertz CT molecular complexity index is 1490. The van der Waals surface area contributed by atoms with Crippen LogP contribution in [0.3, 0.4) is 0 Å². The van der Waals surface area contributed by atoms with Gasteiger partial charge in [-0.1, -0.05) is 35.9 Å². The van der Waals surface area contributed by atoms with Crippen LogP contribution in [0.25, 0.3) is 0 Å². The van der Waals surface area contributed by atoms with Gasteiger partial charge in [0.2, 0.25) is 5.91 Å². The average Bonchev–Trinajstić information content (AvgIpc) is 3.35. The van der Waals surface area contributed by atoms with Crippen LogP contribution >= 0.6 is 11.6 Å². The van der Waals surface area contributed by atoms with Gasteiger partial charge in [-0.15, -0.1) is 0 Å². The molecule has 0 radical (unpaired) electrons. The molecule has 0 spiro atoms. The van der Waals surface area contributed by atoms with E-state index >= 15 is 0 Å². The summed E-state index contributed by atoms with van der Waals surface area (Å²) in [6.07, 6.45) is 1.96. The molecule has 2 unspecified atom stereocenters. The van der Waals surface area contributed by atoms with E-state index in [-0.39, 0.29) is 18.4 Å². The fourth-order valence-corrected chi connectivity index (χ4v) is 5.22. The van der Waals surface area contributed by atoms with E-state index in [9.17, 15) is 9.90 Å². The monoisotopic (exact) mass is 545 g/mol. The van der Waals surface area contributed by atoms with Gasteiger partial charge in [0, 0.05) is 24.0 Å². The normalized spacial score (nSPS) is 16.7. The third kappa shape index (κ3) is 5.12. The van der Waals surface area contributed by atoms with E-state index in [4.69, 9.17) is 21.1 Å². The van der Waals surface area contributed by atoms with Crippen LogP contribution in [0.15, 0.2) is 72.9 Å². The molecule has 1 aromatic heterocycles. The zero-order valence-corrected chi connectivity index (χ0v) is 23.4. The lowest BCUT2D eigenvalue weighted by atomic mass is 9.86. The summed E-state index contributed by atoms with van der Waals surface area (Å²) in [5, 5.41) is 16.3. The second-order valence-electron chi connectivity index (χ2n) is 10.3. The van der Waals surface area contributed by atoms with Crippen LogP contribution in [0.2, 0.25) is 5.02 Å². The Balaban J connectivity index is 1.61. The highest BCUT2D eigenvalue weighted by atomic mass is 35.5. The number of methoxy groups -OCH3 is 1. The van der Waals surface area contributed by atoms with Crippen molar-refractivity contribution >= 4 is 23.2 Å². The number of hydrogen-bond donors (Lipinski definition) is 1. The largest absolute Gasteiger partial charge is 0.493 e. The third-order valence-corrected chi connectivity index (χ3v) is 7.31. The van der Waals surface area contributed by atoms with Crippen LogP contribution in [0.1, 0.15) is 54.8 Å². The Morgan fingerprint density at radius 1 is 1.05 bits per heavy atom. The summed E-state index contributed by atoms with van der Waals surface area (Å²) >= 11 is 6.22. The number of fused-ring (bicyclic) bond motifs is 1. The highest BCUT2D eigenvalue weighted by Crippen LogP contribution is 2.44. The first-order valence-corrected chi connectivity index (χ1v) is 13.2. The van der Waals surface area contributed by atoms with E-state index in [2.05, 4.69) is 5.10 Å². The average molecular weight is 546 g/mol. The Labute approximate surface area is 233 Å². The van der Waals surface area contributed by atoms with Gasteiger partial charge < -0.3 is 19.5 Å². The van der Waals surface area contributed by atoms with E-state index in [0.29, 0.717) is 33.5 Å². The standard InChI is InChI=1S/C31H32ClN3O4/c1-19(2)39-27-18-25-21(16-26(27)38-5)17-29(36)35(30(25)20-6-10-23(32)11-7-20)24-12-8-22(9-13-24)31(3,37)28-14-15-34(4)33-28/h6-16,18-19,30,37H,17H2,1-5H3. The summed E-state index contributed by atoms with van der Waals surface area (Å²) < 4.78 is 13.3. The number of halogens is 1. The summed E-state index contributed by atoms with van der Waals surface area (Å²) in [5.74, 6) is 1.17. The first kappa shape index (κ1) is 26.8. The minimum atomic E-state index is -1.28. The van der Waals surface area contributed by atoms with Crippen LogP contribution < -0.4 is 14.4 Å². The lowest BCUT2D eigenvalue weighted by Gasteiger charge is -2.38. The van der Waals surface area contributed by atoms with E-state index in [1.54, 1.807) is 35.9 Å². The molecule has 7 nitrogen and oxygen atoms in total. The number of ether oxygens (including phenoxy) is 2. The number of benzene rings is 3. The van der Waals surface area contributed by atoms with Gasteiger partial charge in [0.1, 0.15) is 5.60 Å². The van der Waals surface area contributed by atoms with Gasteiger partial charge in [-0.2, -0.15) is 5.10 Å². The maximum Gasteiger partial charge on any atom is 0.232 e. The second kappa shape index (κ2) is 10.4. The number of aryl methyl sites for hydroxylation is 1. The summed E-state index contributed by atoms with van der Waals surface area (Å²) in [7, 11) is 3.41. The topological polar surface area (TPSA) is 76.8 Å². The molecule has 2 heterocycles. The molecule has 3 aromatic carbocycles. The van der Waals surface area contributed by atoms with Crippen LogP contribution in [0.5, 0.6) is 11.5 Å². The number of carbonyl (C=O) groups excluding carboxylic acids is 1. The number of aromatic nitrogens is 2. The number of amides is 1. The van der Waals surface area contributed by atoms with E-state index in [1.807, 2.05) is 81.6 Å². The molecule has 39 heavy (non-hydrogen) atoms. The summed E-state index contributed by atoms with van der Waals surface area (Å²) in [5.41, 5.74) is 3.42. The van der Waals surface area contributed by atoms with Crippen LogP contribution in [-0.2, 0) is 23.9 Å². The van der Waals surface area contributed by atoms with E-state index in [0.717, 1.165) is 16.7 Å². The molecule has 0 saturated carbocycles. The highest BCUT2D eigenvalue weighted by molar-refractivity contribution is 6.30. The van der Waals surface area contributed by atoms with Gasteiger partial charge in [-0.25, -0.2) is 0 Å². The number of nitrogens with zero attached hydrogens (tertiary/aromatic N) is 3. The molecular formula is C31H32ClN3O4. The molecule has 1 aliphatic rings. The quantitative estimate of drug-likeness (QED) is 0.317. The second-order valence-corrected chi connectivity index (χ2v) is 10.7. The molecular weight excluding hydrogens is 514 g/mol. The Kier molecular flexibility index (Phi) is 7.14. The molecule has 2 atom stereocenters. The van der Waals surface area contributed by atoms with Crippen LogP contribution in [0, 0.1) is 0 Å². The van der Waals surface area contributed by atoms with Crippen LogP contribution in [0.4, 0.5) is 5.69 Å². The molecule has 0 saturated heterocycles. The van der Waals surface area contributed by atoms with Crippen molar-refractivity contribution in [3.8, 4) is 11.5 Å². The molecule has 8 heteroatoms. The number of rotatable bonds is 7. The molecule has 1 amide bonds. The zero-order chi connectivity index (χ0) is 27.9. The maximum absolute atomic E-state index is 13.7. The minimum absolute atomic E-state index is 0.0494. The molecule has 1 N–H and O–H groups in total. The number of anilines is 1. The lowest BCUT2D eigenvalue weighted by Crippen LogP contribution is -2.41. The Morgan fingerprint density at radius 3 is 2.33 bits per heavy atom. The summed E-state index contributed by atoms with van der Waals surface area (Å²) in [6, 6.07) is 20.2. The van der Waals surface area contributed by atoms with Crippen molar-refractivity contribution in [1.82, 2.24) is 9.78 Å². The SMILES string of the molecule is COc1cc2c(cc1OC(C)C)C(c1ccc(Cl)cc1)N(c1ccc(C(C)(O)c3ccn(C)n3)cc1)C(=O)C2. The van der Waals surface area contributed by atoms with Crippen molar-refractivity contribution in [3.63, 3.8) is 0 Å². The first-order chi connectivity index (χ1) is 18.6. The van der Waals surface area contributed by atoms with Crippen molar-refractivity contribution in [2.24, 2.45) is 7.05 Å². The highest BCUT2D eigenvalue weighted by Gasteiger charge is 2.36. The maximum atomic E-state index is 13.7. The van der Waals surface area contributed by atoms with Crippen molar-refractivity contribution in [1.29, 1.82) is 0 Å². The van der Waals surface area contributed by atoms with Crippen molar-refractivity contribution in [3.05, 3.63) is 106 Å². The molecule has 0 bridgehead atoms.